The number of nitrogens with one attached hydrogen (secondary N) is 2. The summed E-state index contributed by atoms with van der Waals surface area (Å²) in [5, 5.41) is 9.92. The standard InChI is InChI=1S/C10H12BrN5/c1-6-3-8(11)4-12-9(6)15-7(2)10-13-5-14-16-10/h3-5,7H,1-2H3,(H,12,15)(H,13,14,16). The predicted octanol–water partition coefficient (Wildman–Crippen LogP) is 2.44. The summed E-state index contributed by atoms with van der Waals surface area (Å²) in [5.41, 5.74) is 1.08. The first-order valence-electron chi connectivity index (χ1n) is 4.91. The molecule has 0 amide bonds. The summed E-state index contributed by atoms with van der Waals surface area (Å²) in [6.45, 7) is 4.01. The monoisotopic (exact) mass is 281 g/mol. The van der Waals surface area contributed by atoms with Gasteiger partial charge in [-0.1, -0.05) is 0 Å². The Hall–Kier alpha value is -1.43. The Bertz CT molecular complexity index is 468. The van der Waals surface area contributed by atoms with Gasteiger partial charge in [0.25, 0.3) is 0 Å². The largest absolute Gasteiger partial charge is 0.360 e. The molecule has 0 bridgehead atoms. The van der Waals surface area contributed by atoms with Gasteiger partial charge < -0.3 is 5.32 Å². The molecule has 0 radical (unpaired) electrons. The minimum absolute atomic E-state index is 0.0508. The van der Waals surface area contributed by atoms with Crippen molar-refractivity contribution in [1.82, 2.24) is 20.2 Å². The average molecular weight is 282 g/mol. The molecule has 0 saturated heterocycles. The maximum atomic E-state index is 4.31. The van der Waals surface area contributed by atoms with Crippen LogP contribution in [-0.2, 0) is 0 Å². The molecule has 1 unspecified atom stereocenters. The molecule has 16 heavy (non-hydrogen) atoms. The highest BCUT2D eigenvalue weighted by Gasteiger charge is 2.10. The van der Waals surface area contributed by atoms with Crippen molar-refractivity contribution in [3.05, 3.63) is 34.5 Å². The van der Waals surface area contributed by atoms with Gasteiger partial charge in [0.15, 0.2) is 0 Å². The molecule has 0 aromatic carbocycles. The first-order chi connectivity index (χ1) is 7.66. The number of hydrogen-bond acceptors (Lipinski definition) is 4. The molecule has 1 atom stereocenters. The van der Waals surface area contributed by atoms with Crippen molar-refractivity contribution in [2.24, 2.45) is 0 Å². The van der Waals surface area contributed by atoms with Gasteiger partial charge in [-0.15, -0.1) is 0 Å². The van der Waals surface area contributed by atoms with Crippen LogP contribution in [0.2, 0.25) is 0 Å². The fourth-order valence-corrected chi connectivity index (χ4v) is 1.83. The quantitative estimate of drug-likeness (QED) is 0.907. The molecular formula is C10H12BrN5. The minimum atomic E-state index is 0.0508. The lowest BCUT2D eigenvalue weighted by molar-refractivity contribution is 0.788. The van der Waals surface area contributed by atoms with Crippen molar-refractivity contribution in [2.75, 3.05) is 5.32 Å². The zero-order valence-electron chi connectivity index (χ0n) is 9.03. The Kier molecular flexibility index (Phi) is 3.19. The van der Waals surface area contributed by atoms with Gasteiger partial charge in [0.05, 0.1) is 6.04 Å². The van der Waals surface area contributed by atoms with Crippen molar-refractivity contribution in [1.29, 1.82) is 0 Å². The molecule has 2 aromatic rings. The third-order valence-corrected chi connectivity index (χ3v) is 2.68. The van der Waals surface area contributed by atoms with Crippen LogP contribution >= 0.6 is 15.9 Å². The molecule has 0 saturated carbocycles. The second-order valence-corrected chi connectivity index (χ2v) is 4.47. The Morgan fingerprint density at radius 3 is 2.88 bits per heavy atom. The van der Waals surface area contributed by atoms with Gasteiger partial charge in [-0.3, -0.25) is 5.10 Å². The van der Waals surface area contributed by atoms with E-state index in [1.54, 1.807) is 6.20 Å². The van der Waals surface area contributed by atoms with Crippen molar-refractivity contribution in [3.63, 3.8) is 0 Å². The molecule has 0 aliphatic carbocycles. The SMILES string of the molecule is Cc1cc(Br)cnc1NC(C)c1ncn[nH]1. The van der Waals surface area contributed by atoms with E-state index in [9.17, 15) is 0 Å². The predicted molar refractivity (Wildman–Crippen MR) is 65.1 cm³/mol. The smallest absolute Gasteiger partial charge is 0.146 e. The normalized spacial score (nSPS) is 12.4. The molecular weight excluding hydrogens is 270 g/mol. The van der Waals surface area contributed by atoms with Gasteiger partial charge >= 0.3 is 0 Å². The minimum Gasteiger partial charge on any atom is -0.360 e. The summed E-state index contributed by atoms with van der Waals surface area (Å²) in [4.78, 5) is 8.40. The van der Waals surface area contributed by atoms with Gasteiger partial charge in [0.1, 0.15) is 18.0 Å². The third-order valence-electron chi connectivity index (χ3n) is 2.24. The number of aromatic amines is 1. The second-order valence-electron chi connectivity index (χ2n) is 3.56. The van der Waals surface area contributed by atoms with Crippen LogP contribution < -0.4 is 5.32 Å². The Labute approximate surface area is 102 Å². The number of hydrogen-bond donors (Lipinski definition) is 2. The van der Waals surface area contributed by atoms with E-state index in [1.807, 2.05) is 19.9 Å². The van der Waals surface area contributed by atoms with Crippen LogP contribution in [0.25, 0.3) is 0 Å². The Balaban J connectivity index is 2.15. The molecule has 0 spiro atoms. The van der Waals surface area contributed by atoms with E-state index in [2.05, 4.69) is 41.4 Å². The number of H-pyrrole nitrogens is 1. The lowest BCUT2D eigenvalue weighted by Gasteiger charge is -2.13. The second kappa shape index (κ2) is 4.61. The van der Waals surface area contributed by atoms with E-state index in [-0.39, 0.29) is 6.04 Å². The van der Waals surface area contributed by atoms with Gasteiger partial charge in [-0.2, -0.15) is 5.10 Å². The summed E-state index contributed by atoms with van der Waals surface area (Å²) in [6.07, 6.45) is 3.26. The van der Waals surface area contributed by atoms with Crippen molar-refractivity contribution >= 4 is 21.7 Å². The number of nitrogens with zero attached hydrogens (tertiary/aromatic N) is 3. The van der Waals surface area contributed by atoms with Crippen LogP contribution in [0.5, 0.6) is 0 Å². The highest BCUT2D eigenvalue weighted by Crippen LogP contribution is 2.20. The highest BCUT2D eigenvalue weighted by atomic mass is 79.9. The molecule has 0 fully saturated rings. The summed E-state index contributed by atoms with van der Waals surface area (Å²) >= 11 is 3.38. The lowest BCUT2D eigenvalue weighted by atomic mass is 10.2. The maximum absolute atomic E-state index is 4.31. The van der Waals surface area contributed by atoms with E-state index in [4.69, 9.17) is 0 Å². The molecule has 5 nitrogen and oxygen atoms in total. The van der Waals surface area contributed by atoms with Crippen LogP contribution in [0.3, 0.4) is 0 Å². The lowest BCUT2D eigenvalue weighted by Crippen LogP contribution is -2.10. The molecule has 0 aliphatic heterocycles. The summed E-state index contributed by atoms with van der Waals surface area (Å²) < 4.78 is 0.975. The van der Waals surface area contributed by atoms with E-state index < -0.39 is 0 Å². The Morgan fingerprint density at radius 1 is 1.44 bits per heavy atom. The van der Waals surface area contributed by atoms with Crippen LogP contribution in [0.4, 0.5) is 5.82 Å². The van der Waals surface area contributed by atoms with E-state index in [1.165, 1.54) is 6.33 Å². The van der Waals surface area contributed by atoms with Crippen LogP contribution in [-0.4, -0.2) is 20.2 Å². The molecule has 2 N–H and O–H groups in total. The first-order valence-corrected chi connectivity index (χ1v) is 5.70. The summed E-state index contributed by atoms with van der Waals surface area (Å²) in [6, 6.07) is 2.07. The Morgan fingerprint density at radius 2 is 2.25 bits per heavy atom. The summed E-state index contributed by atoms with van der Waals surface area (Å²) in [5.74, 6) is 1.65. The molecule has 84 valence electrons. The number of pyridine rings is 1. The van der Waals surface area contributed by atoms with Crippen molar-refractivity contribution < 1.29 is 0 Å². The maximum Gasteiger partial charge on any atom is 0.146 e. The van der Waals surface area contributed by atoms with E-state index >= 15 is 0 Å². The van der Waals surface area contributed by atoms with E-state index in [0.717, 1.165) is 21.7 Å². The summed E-state index contributed by atoms with van der Waals surface area (Å²) in [7, 11) is 0. The van der Waals surface area contributed by atoms with Crippen LogP contribution in [0.15, 0.2) is 23.1 Å². The fourth-order valence-electron chi connectivity index (χ4n) is 1.39. The molecule has 6 heteroatoms. The first kappa shape index (κ1) is 11.1. The number of anilines is 1. The number of aromatic nitrogens is 4. The van der Waals surface area contributed by atoms with Crippen molar-refractivity contribution in [2.45, 2.75) is 19.9 Å². The fraction of sp³-hybridized carbons (Fsp3) is 0.300. The van der Waals surface area contributed by atoms with Crippen LogP contribution in [0.1, 0.15) is 24.4 Å². The topological polar surface area (TPSA) is 66.5 Å². The molecule has 2 heterocycles. The third kappa shape index (κ3) is 2.38. The molecule has 2 rings (SSSR count). The average Bonchev–Trinajstić information content (AvgIpc) is 2.75. The van der Waals surface area contributed by atoms with Gasteiger partial charge in [-0.05, 0) is 41.4 Å². The molecule has 0 aliphatic rings. The molecule has 2 aromatic heterocycles. The van der Waals surface area contributed by atoms with Crippen LogP contribution in [0, 0.1) is 6.92 Å². The highest BCUT2D eigenvalue weighted by molar-refractivity contribution is 9.10. The van der Waals surface area contributed by atoms with E-state index in [0.29, 0.717) is 0 Å². The van der Waals surface area contributed by atoms with Gasteiger partial charge in [-0.25, -0.2) is 9.97 Å². The zero-order valence-corrected chi connectivity index (χ0v) is 10.6. The number of halogens is 1. The number of aryl methyl sites for hydroxylation is 1. The van der Waals surface area contributed by atoms with Gasteiger partial charge in [0, 0.05) is 10.7 Å². The van der Waals surface area contributed by atoms with Gasteiger partial charge in [0.2, 0.25) is 0 Å². The number of rotatable bonds is 3. The van der Waals surface area contributed by atoms with Crippen molar-refractivity contribution in [3.8, 4) is 0 Å². The zero-order chi connectivity index (χ0) is 11.5.